The third kappa shape index (κ3) is 2.54. The number of rotatable bonds is 2. The Labute approximate surface area is 114 Å². The van der Waals surface area contributed by atoms with Gasteiger partial charge >= 0.3 is 0 Å². The number of anilines is 1. The van der Waals surface area contributed by atoms with E-state index in [1.54, 1.807) is 0 Å². The second-order valence-electron chi connectivity index (χ2n) is 3.96. The minimum Gasteiger partial charge on any atom is -0.744 e. The van der Waals surface area contributed by atoms with E-state index in [1.165, 1.54) is 0 Å². The van der Waals surface area contributed by atoms with Crippen molar-refractivity contribution in [2.24, 2.45) is 0 Å². The molecule has 0 bridgehead atoms. The molecule has 0 heterocycles. The maximum atomic E-state index is 11.0. The van der Waals surface area contributed by atoms with Gasteiger partial charge in [-0.25, -0.2) is 16.8 Å². The van der Waals surface area contributed by atoms with Crippen LogP contribution in [0.1, 0.15) is 0 Å². The fourth-order valence-corrected chi connectivity index (χ4v) is 2.87. The van der Waals surface area contributed by atoms with E-state index in [0.717, 1.165) is 24.3 Å². The van der Waals surface area contributed by atoms with Gasteiger partial charge in [0.15, 0.2) is 0 Å². The third-order valence-electron chi connectivity index (χ3n) is 2.59. The number of benzene rings is 2. The Balaban J connectivity index is 2.93. The molecule has 0 spiro atoms. The lowest BCUT2D eigenvalue weighted by Gasteiger charge is -2.14. The number of hydrogen-bond donors (Lipinski definition) is 2. The minimum absolute atomic E-state index is 0.0160. The number of phenolic OH excluding ortho intramolecular Hbond substituents is 1. The van der Waals surface area contributed by atoms with Crippen molar-refractivity contribution in [1.82, 2.24) is 0 Å². The van der Waals surface area contributed by atoms with Crippen molar-refractivity contribution in [2.75, 3.05) is 5.73 Å². The van der Waals surface area contributed by atoms with E-state index in [-0.39, 0.29) is 16.5 Å². The normalized spacial score (nSPS) is 12.7. The molecule has 20 heavy (non-hydrogen) atoms. The van der Waals surface area contributed by atoms with E-state index >= 15 is 0 Å². The van der Waals surface area contributed by atoms with Gasteiger partial charge in [0.1, 0.15) is 26.0 Å². The van der Waals surface area contributed by atoms with Crippen LogP contribution in [0.3, 0.4) is 0 Å². The molecular weight excluding hydrogens is 310 g/mol. The number of nitrogen functional groups attached to an aromatic ring is 1. The lowest BCUT2D eigenvalue weighted by Crippen LogP contribution is -2.04. The molecule has 2 rings (SSSR count). The molecule has 0 atom stereocenters. The zero-order chi connectivity index (χ0) is 15.3. The summed E-state index contributed by atoms with van der Waals surface area (Å²) in [5.74, 6) is -0.571. The van der Waals surface area contributed by atoms with E-state index in [4.69, 9.17) is 5.73 Å². The largest absolute Gasteiger partial charge is 0.744 e. The van der Waals surface area contributed by atoms with Crippen LogP contribution in [0, 0.1) is 0 Å². The molecule has 3 N–H and O–H groups in total. The van der Waals surface area contributed by atoms with Gasteiger partial charge in [-0.2, -0.15) is 0 Å². The Morgan fingerprint density at radius 3 is 2.05 bits per heavy atom. The lowest BCUT2D eigenvalue weighted by molar-refractivity contribution is 0.458. The SMILES string of the molecule is Nc1cc2c(O)cc(S(=O)(=O)[O-])cc2cc1S(=O)(=O)[O-]. The van der Waals surface area contributed by atoms with E-state index in [0.29, 0.717) is 0 Å². The first-order valence-corrected chi connectivity index (χ1v) is 7.80. The average Bonchev–Trinajstić information content (AvgIpc) is 2.26. The fourth-order valence-electron chi connectivity index (χ4n) is 1.72. The maximum absolute atomic E-state index is 11.0. The topological polar surface area (TPSA) is 161 Å². The van der Waals surface area contributed by atoms with Gasteiger partial charge in [0.05, 0.1) is 9.79 Å². The van der Waals surface area contributed by atoms with Crippen molar-refractivity contribution >= 4 is 36.7 Å². The van der Waals surface area contributed by atoms with Crippen LogP contribution in [-0.4, -0.2) is 31.0 Å². The van der Waals surface area contributed by atoms with Crippen LogP contribution in [-0.2, 0) is 20.2 Å². The molecule has 0 aliphatic heterocycles. The monoisotopic (exact) mass is 317 g/mol. The van der Waals surface area contributed by atoms with Crippen LogP contribution in [0.2, 0.25) is 0 Å². The van der Waals surface area contributed by atoms with E-state index in [9.17, 15) is 31.0 Å². The summed E-state index contributed by atoms with van der Waals surface area (Å²) in [6.07, 6.45) is 0. The van der Waals surface area contributed by atoms with Crippen molar-refractivity contribution in [2.45, 2.75) is 9.79 Å². The van der Waals surface area contributed by atoms with Crippen LogP contribution in [0.25, 0.3) is 10.8 Å². The fraction of sp³-hybridized carbons (Fsp3) is 0. The highest BCUT2D eigenvalue weighted by Gasteiger charge is 2.13. The molecule has 0 unspecified atom stereocenters. The highest BCUT2D eigenvalue weighted by atomic mass is 32.2. The van der Waals surface area contributed by atoms with Crippen molar-refractivity contribution < 1.29 is 31.0 Å². The predicted molar refractivity (Wildman–Crippen MR) is 66.0 cm³/mol. The molecule has 2 aromatic carbocycles. The second-order valence-corrected chi connectivity index (χ2v) is 6.69. The number of phenols is 1. The highest BCUT2D eigenvalue weighted by Crippen LogP contribution is 2.33. The van der Waals surface area contributed by atoms with Crippen LogP contribution < -0.4 is 5.73 Å². The third-order valence-corrected chi connectivity index (χ3v) is 4.30. The highest BCUT2D eigenvalue weighted by molar-refractivity contribution is 7.86. The van der Waals surface area contributed by atoms with Crippen LogP contribution >= 0.6 is 0 Å². The second kappa shape index (κ2) is 4.31. The summed E-state index contributed by atoms with van der Waals surface area (Å²) in [6.45, 7) is 0. The summed E-state index contributed by atoms with van der Waals surface area (Å²) in [6, 6.07) is 3.39. The first-order chi connectivity index (χ1) is 9.00. The van der Waals surface area contributed by atoms with Gasteiger partial charge in [-0.1, -0.05) is 0 Å². The predicted octanol–water partition coefficient (Wildman–Crippen LogP) is -0.0642. The van der Waals surface area contributed by atoms with Crippen molar-refractivity contribution in [1.29, 1.82) is 0 Å². The maximum Gasteiger partial charge on any atom is 0.126 e. The Morgan fingerprint density at radius 2 is 1.55 bits per heavy atom. The standard InChI is InChI=1S/C10H9NO7S2/c11-8-4-7-5(2-10(8)20(16,17)18)1-6(3-9(7)12)19(13,14)15/h1-4,12H,11H2,(H,13,14,15)(H,16,17,18)/p-2. The van der Waals surface area contributed by atoms with Gasteiger partial charge in [0.25, 0.3) is 0 Å². The van der Waals surface area contributed by atoms with Crippen molar-refractivity contribution in [3.63, 3.8) is 0 Å². The first-order valence-electron chi connectivity index (χ1n) is 4.98. The van der Waals surface area contributed by atoms with Crippen LogP contribution in [0.15, 0.2) is 34.1 Å². The van der Waals surface area contributed by atoms with Crippen molar-refractivity contribution in [3.8, 4) is 5.75 Å². The molecule has 0 aliphatic rings. The Morgan fingerprint density at radius 1 is 0.950 bits per heavy atom. The van der Waals surface area contributed by atoms with Gasteiger partial charge in [0, 0.05) is 11.1 Å². The number of hydrogen-bond acceptors (Lipinski definition) is 8. The first kappa shape index (κ1) is 14.5. The quantitative estimate of drug-likeness (QED) is 0.575. The molecule has 0 aliphatic carbocycles. The molecule has 2 aromatic rings. The zero-order valence-corrected chi connectivity index (χ0v) is 11.2. The summed E-state index contributed by atoms with van der Waals surface area (Å²) < 4.78 is 65.7. The Bertz CT molecular complexity index is 916. The van der Waals surface area contributed by atoms with Gasteiger partial charge in [-0.3, -0.25) is 0 Å². The van der Waals surface area contributed by atoms with Gasteiger partial charge in [0.2, 0.25) is 0 Å². The molecule has 0 radical (unpaired) electrons. The van der Waals surface area contributed by atoms with E-state index in [2.05, 4.69) is 0 Å². The van der Waals surface area contributed by atoms with Gasteiger partial charge in [-0.05, 0) is 29.7 Å². The Hall–Kier alpha value is -1.88. The molecule has 10 heteroatoms. The molecule has 0 saturated carbocycles. The molecular formula is C10H7NO7S2-2. The molecule has 0 aromatic heterocycles. The van der Waals surface area contributed by atoms with E-state index < -0.39 is 35.8 Å². The summed E-state index contributed by atoms with van der Waals surface area (Å²) in [4.78, 5) is -1.51. The number of nitrogens with two attached hydrogens (primary N) is 1. The summed E-state index contributed by atoms with van der Waals surface area (Å²) >= 11 is 0. The lowest BCUT2D eigenvalue weighted by atomic mass is 10.1. The molecule has 108 valence electrons. The van der Waals surface area contributed by atoms with E-state index in [1.807, 2.05) is 0 Å². The molecule has 0 saturated heterocycles. The molecule has 8 nitrogen and oxygen atoms in total. The minimum atomic E-state index is -4.87. The number of fused-ring (bicyclic) bond motifs is 1. The van der Waals surface area contributed by atoms with Crippen LogP contribution in [0.4, 0.5) is 5.69 Å². The zero-order valence-electron chi connectivity index (χ0n) is 9.60. The molecule has 0 fully saturated rings. The summed E-state index contributed by atoms with van der Waals surface area (Å²) in [5.41, 5.74) is 5.01. The Kier molecular flexibility index (Phi) is 3.13. The smallest absolute Gasteiger partial charge is 0.126 e. The van der Waals surface area contributed by atoms with Gasteiger partial charge in [-0.15, -0.1) is 0 Å². The molecule has 0 amide bonds. The summed E-state index contributed by atoms with van der Waals surface area (Å²) in [7, 11) is -9.71. The van der Waals surface area contributed by atoms with Gasteiger partial charge < -0.3 is 19.9 Å². The van der Waals surface area contributed by atoms with Crippen LogP contribution in [0.5, 0.6) is 5.75 Å². The number of aromatic hydroxyl groups is 1. The summed E-state index contributed by atoms with van der Waals surface area (Å²) in [5, 5.41) is 9.55. The average molecular weight is 317 g/mol. The van der Waals surface area contributed by atoms with Crippen molar-refractivity contribution in [3.05, 3.63) is 24.3 Å².